The molecule has 0 saturated carbocycles. The van der Waals surface area contributed by atoms with Gasteiger partial charge in [-0.2, -0.15) is 0 Å². The molecule has 1 aromatic rings. The van der Waals surface area contributed by atoms with Crippen LogP contribution in [-0.2, 0) is 12.8 Å². The molecule has 2 saturated heterocycles. The van der Waals surface area contributed by atoms with E-state index in [1.165, 1.54) is 42.5 Å². The molecule has 1 aliphatic carbocycles. The Bertz CT molecular complexity index is 507. The highest BCUT2D eigenvalue weighted by atomic mass is 35.5. The summed E-state index contributed by atoms with van der Waals surface area (Å²) in [5.74, 6) is 1.77. The topological polar surface area (TPSA) is 32.3 Å². The third kappa shape index (κ3) is 2.86. The molecule has 2 unspecified atom stereocenters. The van der Waals surface area contributed by atoms with Gasteiger partial charge in [-0.25, -0.2) is 0 Å². The third-order valence-electron chi connectivity index (χ3n) is 5.20. The molecule has 21 heavy (non-hydrogen) atoms. The lowest BCUT2D eigenvalue weighted by molar-refractivity contribution is 0.0647. The maximum Gasteiger partial charge on any atom is 0.263 e. The van der Waals surface area contributed by atoms with E-state index in [9.17, 15) is 4.79 Å². The Labute approximate surface area is 136 Å². The van der Waals surface area contributed by atoms with Crippen LogP contribution >= 0.6 is 23.7 Å². The van der Waals surface area contributed by atoms with E-state index in [0.29, 0.717) is 5.92 Å². The van der Waals surface area contributed by atoms with Crippen molar-refractivity contribution < 1.29 is 4.79 Å². The van der Waals surface area contributed by atoms with Gasteiger partial charge < -0.3 is 10.2 Å². The molecule has 2 atom stereocenters. The van der Waals surface area contributed by atoms with Gasteiger partial charge in [-0.1, -0.05) is 0 Å². The van der Waals surface area contributed by atoms with Crippen LogP contribution < -0.4 is 5.32 Å². The molecule has 3 heterocycles. The first-order chi connectivity index (χ1) is 9.81. The second kappa shape index (κ2) is 6.27. The number of fused-ring (bicyclic) bond motifs is 2. The molecule has 5 heteroatoms. The highest BCUT2D eigenvalue weighted by Gasteiger charge is 2.35. The van der Waals surface area contributed by atoms with E-state index in [-0.39, 0.29) is 18.3 Å². The Balaban J connectivity index is 0.00000132. The predicted molar refractivity (Wildman–Crippen MR) is 88.6 cm³/mol. The summed E-state index contributed by atoms with van der Waals surface area (Å²) in [4.78, 5) is 17.3. The van der Waals surface area contributed by atoms with Gasteiger partial charge in [0.2, 0.25) is 0 Å². The third-order valence-corrected chi connectivity index (χ3v) is 6.42. The van der Waals surface area contributed by atoms with Crippen LogP contribution in [-0.4, -0.2) is 37.0 Å². The number of carbonyl (C=O) groups excluding carboxylic acids is 1. The number of hydrogen-bond donors (Lipinski definition) is 1. The van der Waals surface area contributed by atoms with E-state index in [2.05, 4.69) is 16.3 Å². The van der Waals surface area contributed by atoms with Crippen LogP contribution in [0.2, 0.25) is 0 Å². The average Bonchev–Trinajstić information content (AvgIpc) is 3.11. The number of likely N-dealkylation sites (tertiary alicyclic amines) is 1. The minimum absolute atomic E-state index is 0. The van der Waals surface area contributed by atoms with Crippen LogP contribution in [0.15, 0.2) is 6.07 Å². The van der Waals surface area contributed by atoms with Crippen LogP contribution in [0.25, 0.3) is 0 Å². The molecule has 4 rings (SSSR count). The second-order valence-corrected chi connectivity index (χ2v) is 7.62. The summed E-state index contributed by atoms with van der Waals surface area (Å²) in [5, 5.41) is 3.47. The quantitative estimate of drug-likeness (QED) is 0.860. The summed E-state index contributed by atoms with van der Waals surface area (Å²) < 4.78 is 0. The summed E-state index contributed by atoms with van der Waals surface area (Å²) in [6.45, 7) is 4.15. The van der Waals surface area contributed by atoms with E-state index in [1.807, 2.05) is 0 Å². The van der Waals surface area contributed by atoms with E-state index in [0.717, 1.165) is 37.0 Å². The van der Waals surface area contributed by atoms with E-state index in [4.69, 9.17) is 0 Å². The monoisotopic (exact) mass is 326 g/mol. The van der Waals surface area contributed by atoms with Gasteiger partial charge in [0.05, 0.1) is 4.88 Å². The first kappa shape index (κ1) is 15.3. The van der Waals surface area contributed by atoms with Gasteiger partial charge in [-0.05, 0) is 68.7 Å². The van der Waals surface area contributed by atoms with E-state index in [1.54, 1.807) is 11.3 Å². The molecule has 0 aromatic carbocycles. The SMILES string of the molecule is Cl.O=C(c1cc2c(s1)CCCC2)N1CCC2CNCC2C1. The van der Waals surface area contributed by atoms with Crippen molar-refractivity contribution in [1.29, 1.82) is 0 Å². The van der Waals surface area contributed by atoms with Gasteiger partial charge in [0, 0.05) is 18.0 Å². The molecule has 116 valence electrons. The van der Waals surface area contributed by atoms with E-state index < -0.39 is 0 Å². The molecular formula is C16H23ClN2OS. The Morgan fingerprint density at radius 2 is 2.05 bits per heavy atom. The zero-order valence-electron chi connectivity index (χ0n) is 12.3. The average molecular weight is 327 g/mol. The zero-order valence-corrected chi connectivity index (χ0v) is 13.9. The smallest absolute Gasteiger partial charge is 0.263 e. The lowest BCUT2D eigenvalue weighted by Crippen LogP contribution is -2.43. The van der Waals surface area contributed by atoms with Gasteiger partial charge in [-0.3, -0.25) is 4.79 Å². The predicted octanol–water partition coefficient (Wildman–Crippen LogP) is 2.73. The van der Waals surface area contributed by atoms with Crippen LogP contribution in [0.3, 0.4) is 0 Å². The number of halogens is 1. The van der Waals surface area contributed by atoms with Crippen molar-refractivity contribution in [3.63, 3.8) is 0 Å². The van der Waals surface area contributed by atoms with Gasteiger partial charge in [0.15, 0.2) is 0 Å². The van der Waals surface area contributed by atoms with Gasteiger partial charge in [0.1, 0.15) is 0 Å². The van der Waals surface area contributed by atoms with Crippen LogP contribution in [0, 0.1) is 11.8 Å². The Kier molecular flexibility index (Phi) is 4.57. The van der Waals surface area contributed by atoms with Crippen molar-refractivity contribution in [1.82, 2.24) is 10.2 Å². The molecular weight excluding hydrogens is 304 g/mol. The van der Waals surface area contributed by atoms with Crippen LogP contribution in [0.1, 0.15) is 39.4 Å². The number of amides is 1. The van der Waals surface area contributed by atoms with Crippen molar-refractivity contribution in [2.75, 3.05) is 26.2 Å². The number of aryl methyl sites for hydroxylation is 2. The number of nitrogens with zero attached hydrogens (tertiary/aromatic N) is 1. The number of carbonyl (C=O) groups is 1. The minimum Gasteiger partial charge on any atom is -0.338 e. The molecule has 2 aliphatic heterocycles. The van der Waals surface area contributed by atoms with Crippen LogP contribution in [0.5, 0.6) is 0 Å². The zero-order chi connectivity index (χ0) is 13.5. The standard InChI is InChI=1S/C16H22N2OS.ClH/c19-16(15-7-11-3-1-2-4-14(11)20-15)18-6-5-12-8-17-9-13(12)10-18;/h7,12-13,17H,1-6,8-10H2;1H. The summed E-state index contributed by atoms with van der Waals surface area (Å²) >= 11 is 1.76. The molecule has 1 aromatic heterocycles. The molecule has 0 bridgehead atoms. The maximum atomic E-state index is 12.7. The summed E-state index contributed by atoms with van der Waals surface area (Å²) in [6, 6.07) is 2.18. The van der Waals surface area contributed by atoms with Gasteiger partial charge in [-0.15, -0.1) is 23.7 Å². The fourth-order valence-electron chi connectivity index (χ4n) is 3.97. The Hall–Kier alpha value is -0.580. The molecule has 3 nitrogen and oxygen atoms in total. The van der Waals surface area contributed by atoms with Gasteiger partial charge >= 0.3 is 0 Å². The fourth-order valence-corrected chi connectivity index (χ4v) is 5.19. The molecule has 2 fully saturated rings. The molecule has 1 N–H and O–H groups in total. The number of thiophene rings is 1. The highest BCUT2D eigenvalue weighted by molar-refractivity contribution is 7.14. The molecule has 1 amide bonds. The van der Waals surface area contributed by atoms with Gasteiger partial charge in [0.25, 0.3) is 5.91 Å². The number of hydrogen-bond acceptors (Lipinski definition) is 3. The first-order valence-corrected chi connectivity index (χ1v) is 8.74. The van der Waals surface area contributed by atoms with Crippen molar-refractivity contribution in [3.05, 3.63) is 21.4 Å². The Morgan fingerprint density at radius 3 is 2.90 bits per heavy atom. The fraction of sp³-hybridized carbons (Fsp3) is 0.688. The number of piperidine rings is 1. The second-order valence-electron chi connectivity index (χ2n) is 6.48. The number of rotatable bonds is 1. The van der Waals surface area contributed by atoms with Crippen molar-refractivity contribution in [2.24, 2.45) is 11.8 Å². The summed E-state index contributed by atoms with van der Waals surface area (Å²) in [6.07, 6.45) is 6.11. The normalized spacial score (nSPS) is 27.7. The lowest BCUT2D eigenvalue weighted by Gasteiger charge is -2.34. The maximum absolute atomic E-state index is 12.7. The summed E-state index contributed by atoms with van der Waals surface area (Å²) in [7, 11) is 0. The highest BCUT2D eigenvalue weighted by Crippen LogP contribution is 2.32. The minimum atomic E-state index is 0. The largest absolute Gasteiger partial charge is 0.338 e. The van der Waals surface area contributed by atoms with Crippen molar-refractivity contribution in [3.8, 4) is 0 Å². The van der Waals surface area contributed by atoms with Crippen molar-refractivity contribution in [2.45, 2.75) is 32.1 Å². The molecule has 3 aliphatic rings. The molecule has 0 radical (unpaired) electrons. The lowest BCUT2D eigenvalue weighted by atomic mass is 9.88. The Morgan fingerprint density at radius 1 is 1.24 bits per heavy atom. The molecule has 0 spiro atoms. The summed E-state index contributed by atoms with van der Waals surface area (Å²) in [5.41, 5.74) is 1.45. The van der Waals surface area contributed by atoms with Crippen LogP contribution in [0.4, 0.5) is 0 Å². The first-order valence-electron chi connectivity index (χ1n) is 7.93. The number of nitrogens with one attached hydrogen (secondary N) is 1. The van der Waals surface area contributed by atoms with E-state index >= 15 is 0 Å². The van der Waals surface area contributed by atoms with Crippen molar-refractivity contribution >= 4 is 29.7 Å².